The van der Waals surface area contributed by atoms with E-state index in [1.54, 1.807) is 6.92 Å². The van der Waals surface area contributed by atoms with Gasteiger partial charge in [-0.05, 0) is 38.0 Å². The predicted octanol–water partition coefficient (Wildman–Crippen LogP) is 1.39. The van der Waals surface area contributed by atoms with Crippen LogP contribution in [0.3, 0.4) is 0 Å². The van der Waals surface area contributed by atoms with Crippen molar-refractivity contribution in [3.8, 4) is 0 Å². The zero-order valence-corrected chi connectivity index (χ0v) is 10.4. The van der Waals surface area contributed by atoms with Crippen molar-refractivity contribution in [3.63, 3.8) is 0 Å². The van der Waals surface area contributed by atoms with Gasteiger partial charge >= 0.3 is 0 Å². The molecule has 3 nitrogen and oxygen atoms in total. The summed E-state index contributed by atoms with van der Waals surface area (Å²) in [5.74, 6) is 0. The first-order valence-corrected chi connectivity index (χ1v) is 5.78. The molecule has 1 aromatic carbocycles. The van der Waals surface area contributed by atoms with Gasteiger partial charge in [0.25, 0.3) is 0 Å². The Balaban J connectivity index is 2.64. The summed E-state index contributed by atoms with van der Waals surface area (Å²) in [4.78, 5) is 2.18. The van der Waals surface area contributed by atoms with Gasteiger partial charge in [-0.3, -0.25) is 0 Å². The molecule has 0 amide bonds. The van der Waals surface area contributed by atoms with Crippen LogP contribution in [0.15, 0.2) is 24.3 Å². The van der Waals surface area contributed by atoms with E-state index < -0.39 is 6.10 Å². The van der Waals surface area contributed by atoms with Crippen LogP contribution in [-0.4, -0.2) is 30.8 Å². The van der Waals surface area contributed by atoms with E-state index in [4.69, 9.17) is 5.73 Å². The van der Waals surface area contributed by atoms with Gasteiger partial charge in [0.2, 0.25) is 0 Å². The average molecular weight is 222 g/mol. The molecule has 2 atom stereocenters. The largest absolute Gasteiger partial charge is 0.392 e. The number of anilines is 1. The number of hydrogen-bond donors (Lipinski definition) is 2. The zero-order chi connectivity index (χ0) is 12.1. The molecular formula is C13H22N2O. The van der Waals surface area contributed by atoms with Gasteiger partial charge in [0.1, 0.15) is 0 Å². The van der Waals surface area contributed by atoms with E-state index in [9.17, 15) is 5.11 Å². The lowest BCUT2D eigenvalue weighted by Gasteiger charge is -2.18. The smallest absolute Gasteiger partial charge is 0.0666 e. The molecule has 0 spiro atoms. The van der Waals surface area contributed by atoms with Crippen LogP contribution in [-0.2, 0) is 6.42 Å². The molecule has 3 N–H and O–H groups in total. The second-order valence-corrected chi connectivity index (χ2v) is 4.29. The number of nitrogens with zero attached hydrogens (tertiary/aromatic N) is 1. The van der Waals surface area contributed by atoms with Gasteiger partial charge in [0.05, 0.1) is 6.10 Å². The molecule has 0 heterocycles. The van der Waals surface area contributed by atoms with Gasteiger partial charge in [-0.1, -0.05) is 12.1 Å². The van der Waals surface area contributed by atoms with Crippen molar-refractivity contribution < 1.29 is 5.11 Å². The lowest BCUT2D eigenvalue weighted by atomic mass is 10.0. The summed E-state index contributed by atoms with van der Waals surface area (Å²) in [6.45, 7) is 4.84. The molecule has 0 aromatic heterocycles. The second kappa shape index (κ2) is 5.87. The van der Waals surface area contributed by atoms with Crippen molar-refractivity contribution in [1.82, 2.24) is 0 Å². The molecule has 0 aliphatic rings. The minimum Gasteiger partial charge on any atom is -0.392 e. The van der Waals surface area contributed by atoms with Gasteiger partial charge in [-0.2, -0.15) is 0 Å². The minimum absolute atomic E-state index is 0.185. The monoisotopic (exact) mass is 222 g/mol. The van der Waals surface area contributed by atoms with Crippen molar-refractivity contribution in [2.24, 2.45) is 5.73 Å². The topological polar surface area (TPSA) is 49.5 Å². The van der Waals surface area contributed by atoms with Crippen LogP contribution in [0.5, 0.6) is 0 Å². The SMILES string of the molecule is CCN(C)c1ccc(CC(N)C(C)O)cc1. The van der Waals surface area contributed by atoms with Crippen molar-refractivity contribution in [2.45, 2.75) is 32.4 Å². The van der Waals surface area contributed by atoms with Crippen molar-refractivity contribution in [1.29, 1.82) is 0 Å². The number of rotatable bonds is 5. The summed E-state index contributed by atoms with van der Waals surface area (Å²) in [5.41, 5.74) is 8.19. The first-order chi connectivity index (χ1) is 7.54. The van der Waals surface area contributed by atoms with E-state index in [0.29, 0.717) is 6.42 Å². The Morgan fingerprint density at radius 3 is 2.31 bits per heavy atom. The molecule has 0 saturated carbocycles. The average Bonchev–Trinajstić information content (AvgIpc) is 2.28. The van der Waals surface area contributed by atoms with E-state index in [2.05, 4.69) is 43.1 Å². The van der Waals surface area contributed by atoms with E-state index in [1.165, 1.54) is 11.3 Å². The van der Waals surface area contributed by atoms with Crippen LogP contribution in [0.2, 0.25) is 0 Å². The van der Waals surface area contributed by atoms with E-state index in [1.807, 2.05) is 0 Å². The molecule has 0 aliphatic heterocycles. The summed E-state index contributed by atoms with van der Waals surface area (Å²) in [6, 6.07) is 8.14. The number of aliphatic hydroxyl groups is 1. The van der Waals surface area contributed by atoms with Crippen LogP contribution in [0.25, 0.3) is 0 Å². The Hall–Kier alpha value is -1.06. The third kappa shape index (κ3) is 3.51. The van der Waals surface area contributed by atoms with Crippen molar-refractivity contribution >= 4 is 5.69 Å². The first-order valence-electron chi connectivity index (χ1n) is 5.78. The zero-order valence-electron chi connectivity index (χ0n) is 10.4. The molecule has 3 heteroatoms. The highest BCUT2D eigenvalue weighted by Crippen LogP contribution is 2.14. The Bertz CT molecular complexity index is 308. The Morgan fingerprint density at radius 1 is 1.31 bits per heavy atom. The number of hydrogen-bond acceptors (Lipinski definition) is 3. The van der Waals surface area contributed by atoms with E-state index in [-0.39, 0.29) is 6.04 Å². The second-order valence-electron chi connectivity index (χ2n) is 4.29. The first kappa shape index (κ1) is 13.0. The van der Waals surface area contributed by atoms with Gasteiger partial charge in [0.15, 0.2) is 0 Å². The summed E-state index contributed by atoms with van der Waals surface area (Å²) in [6.07, 6.45) is 0.256. The van der Waals surface area contributed by atoms with Crippen LogP contribution in [0, 0.1) is 0 Å². The predicted molar refractivity (Wildman–Crippen MR) is 68.7 cm³/mol. The third-order valence-corrected chi connectivity index (χ3v) is 2.94. The summed E-state index contributed by atoms with van der Waals surface area (Å²) < 4.78 is 0. The maximum Gasteiger partial charge on any atom is 0.0666 e. The third-order valence-electron chi connectivity index (χ3n) is 2.94. The molecule has 16 heavy (non-hydrogen) atoms. The van der Waals surface area contributed by atoms with Gasteiger partial charge in [-0.15, -0.1) is 0 Å². The molecule has 0 aliphatic carbocycles. The molecule has 1 aromatic rings. The molecule has 0 bridgehead atoms. The number of nitrogens with two attached hydrogens (primary N) is 1. The van der Waals surface area contributed by atoms with Gasteiger partial charge < -0.3 is 15.7 Å². The van der Waals surface area contributed by atoms with Gasteiger partial charge in [0, 0.05) is 25.3 Å². The minimum atomic E-state index is -0.460. The fourth-order valence-corrected chi connectivity index (χ4v) is 1.51. The molecule has 0 fully saturated rings. The summed E-state index contributed by atoms with van der Waals surface area (Å²) in [5, 5.41) is 9.33. The quantitative estimate of drug-likeness (QED) is 0.791. The Morgan fingerprint density at radius 2 is 1.88 bits per heavy atom. The normalized spacial score (nSPS) is 14.6. The van der Waals surface area contributed by atoms with Crippen LogP contribution in [0.4, 0.5) is 5.69 Å². The number of aliphatic hydroxyl groups excluding tert-OH is 1. The van der Waals surface area contributed by atoms with Gasteiger partial charge in [-0.25, -0.2) is 0 Å². The van der Waals surface area contributed by atoms with Crippen LogP contribution < -0.4 is 10.6 Å². The highest BCUT2D eigenvalue weighted by molar-refractivity contribution is 5.46. The Labute approximate surface area is 97.9 Å². The van der Waals surface area contributed by atoms with Crippen LogP contribution >= 0.6 is 0 Å². The lowest BCUT2D eigenvalue weighted by Crippen LogP contribution is -2.34. The summed E-state index contributed by atoms with van der Waals surface area (Å²) >= 11 is 0. The highest BCUT2D eigenvalue weighted by atomic mass is 16.3. The Kier molecular flexibility index (Phi) is 4.77. The van der Waals surface area contributed by atoms with E-state index >= 15 is 0 Å². The molecule has 0 saturated heterocycles. The molecule has 2 unspecified atom stereocenters. The maximum atomic E-state index is 9.33. The molecule has 1 rings (SSSR count). The standard InChI is InChI=1S/C13H22N2O/c1-4-15(3)12-7-5-11(6-8-12)9-13(14)10(2)16/h5-8,10,13,16H,4,9,14H2,1-3H3. The summed E-state index contributed by atoms with van der Waals surface area (Å²) in [7, 11) is 2.07. The number of benzene rings is 1. The van der Waals surface area contributed by atoms with Crippen LogP contribution in [0.1, 0.15) is 19.4 Å². The molecule has 0 radical (unpaired) electrons. The molecular weight excluding hydrogens is 200 g/mol. The van der Waals surface area contributed by atoms with Crippen molar-refractivity contribution in [3.05, 3.63) is 29.8 Å². The van der Waals surface area contributed by atoms with Crippen molar-refractivity contribution in [2.75, 3.05) is 18.5 Å². The highest BCUT2D eigenvalue weighted by Gasteiger charge is 2.09. The lowest BCUT2D eigenvalue weighted by molar-refractivity contribution is 0.163. The fourth-order valence-electron chi connectivity index (χ4n) is 1.51. The maximum absolute atomic E-state index is 9.33. The fraction of sp³-hybridized carbons (Fsp3) is 0.538. The van der Waals surface area contributed by atoms with E-state index in [0.717, 1.165) is 6.54 Å². The molecule has 90 valence electrons.